The van der Waals surface area contributed by atoms with Crippen LogP contribution in [0.1, 0.15) is 27.5 Å². The zero-order chi connectivity index (χ0) is 19.2. The number of hydrogen-bond donors (Lipinski definition) is 1. The van der Waals surface area contributed by atoms with E-state index in [1.54, 1.807) is 24.5 Å². The molecule has 0 bridgehead atoms. The van der Waals surface area contributed by atoms with Gasteiger partial charge in [0.15, 0.2) is 11.9 Å². The lowest BCUT2D eigenvalue weighted by Crippen LogP contribution is -2.34. The Labute approximate surface area is 156 Å². The number of carbonyl (C=O) groups is 2. The Bertz CT molecular complexity index is 943. The highest BCUT2D eigenvalue weighted by atomic mass is 16.5. The molecule has 0 radical (unpaired) electrons. The van der Waals surface area contributed by atoms with Gasteiger partial charge in [0, 0.05) is 30.4 Å². The number of rotatable bonds is 5. The van der Waals surface area contributed by atoms with E-state index in [9.17, 15) is 9.59 Å². The van der Waals surface area contributed by atoms with Gasteiger partial charge in [0.1, 0.15) is 0 Å². The molecule has 1 N–H and O–H groups in total. The van der Waals surface area contributed by atoms with E-state index in [2.05, 4.69) is 20.3 Å². The van der Waals surface area contributed by atoms with Crippen LogP contribution in [0.15, 0.2) is 61.2 Å². The monoisotopic (exact) mass is 362 g/mol. The molecule has 0 spiro atoms. The first-order valence-electron chi connectivity index (χ1n) is 8.26. The number of amides is 1. The summed E-state index contributed by atoms with van der Waals surface area (Å²) in [5.74, 6) is -0.561. The molecule has 0 aliphatic rings. The number of nitrogens with one attached hydrogen (secondary N) is 1. The van der Waals surface area contributed by atoms with E-state index in [1.165, 1.54) is 19.5 Å². The molecule has 0 saturated carbocycles. The van der Waals surface area contributed by atoms with Crippen molar-refractivity contribution >= 4 is 11.9 Å². The minimum absolute atomic E-state index is 0.240. The summed E-state index contributed by atoms with van der Waals surface area (Å²) in [6.45, 7) is 1.91. The van der Waals surface area contributed by atoms with Gasteiger partial charge in [0.25, 0.3) is 5.91 Å². The number of aromatic nitrogens is 3. The number of carbonyl (C=O) groups excluding carboxylic acids is 2. The topological polar surface area (TPSA) is 94.1 Å². The maximum atomic E-state index is 12.6. The van der Waals surface area contributed by atoms with Crippen LogP contribution in [-0.2, 0) is 9.53 Å². The highest BCUT2D eigenvalue weighted by Gasteiger charge is 2.24. The molecule has 0 aliphatic heterocycles. The molecule has 7 nitrogen and oxygen atoms in total. The molecule has 2 heterocycles. The standard InChI is InChI=1S/C20H18N4O3/c1-13-5-3-6-14(9-13)17(20(26)27-2)24-19(25)16-11-22-18(23-12-16)15-7-4-8-21-10-15/h3-12,17H,1-2H3,(H,24,25)/t17-/m0/s1. The fourth-order valence-electron chi connectivity index (χ4n) is 2.55. The van der Waals surface area contributed by atoms with E-state index >= 15 is 0 Å². The number of hydrogen-bond acceptors (Lipinski definition) is 6. The smallest absolute Gasteiger partial charge is 0.333 e. The van der Waals surface area contributed by atoms with Crippen LogP contribution in [0, 0.1) is 6.92 Å². The Kier molecular flexibility index (Phi) is 5.51. The van der Waals surface area contributed by atoms with Gasteiger partial charge in [0.05, 0.1) is 12.7 Å². The third-order valence-corrected chi connectivity index (χ3v) is 3.92. The van der Waals surface area contributed by atoms with Gasteiger partial charge in [-0.2, -0.15) is 0 Å². The zero-order valence-electron chi connectivity index (χ0n) is 14.9. The summed E-state index contributed by atoms with van der Waals surface area (Å²) >= 11 is 0. The molecular formula is C20H18N4O3. The van der Waals surface area contributed by atoms with Crippen molar-refractivity contribution in [3.63, 3.8) is 0 Å². The normalized spacial score (nSPS) is 11.5. The fraction of sp³-hybridized carbons (Fsp3) is 0.150. The molecule has 136 valence electrons. The van der Waals surface area contributed by atoms with E-state index in [0.717, 1.165) is 11.1 Å². The van der Waals surface area contributed by atoms with Crippen molar-refractivity contribution in [2.45, 2.75) is 13.0 Å². The average Bonchev–Trinajstić information content (AvgIpc) is 2.72. The third-order valence-electron chi connectivity index (χ3n) is 3.92. The average molecular weight is 362 g/mol. The largest absolute Gasteiger partial charge is 0.467 e. The highest BCUT2D eigenvalue weighted by molar-refractivity contribution is 5.96. The van der Waals surface area contributed by atoms with Crippen molar-refractivity contribution in [3.8, 4) is 11.4 Å². The van der Waals surface area contributed by atoms with Gasteiger partial charge in [-0.3, -0.25) is 9.78 Å². The highest BCUT2D eigenvalue weighted by Crippen LogP contribution is 2.17. The van der Waals surface area contributed by atoms with E-state index in [4.69, 9.17) is 4.74 Å². The third kappa shape index (κ3) is 4.33. The lowest BCUT2D eigenvalue weighted by Gasteiger charge is -2.17. The Hall–Kier alpha value is -3.61. The Morgan fingerprint density at radius 2 is 1.85 bits per heavy atom. The van der Waals surface area contributed by atoms with Crippen LogP contribution in [0.25, 0.3) is 11.4 Å². The maximum Gasteiger partial charge on any atom is 0.333 e. The zero-order valence-corrected chi connectivity index (χ0v) is 14.9. The summed E-state index contributed by atoms with van der Waals surface area (Å²) < 4.78 is 4.83. The predicted molar refractivity (Wildman–Crippen MR) is 98.7 cm³/mol. The van der Waals surface area contributed by atoms with Crippen LogP contribution in [0.3, 0.4) is 0 Å². The van der Waals surface area contributed by atoms with E-state index in [-0.39, 0.29) is 5.56 Å². The van der Waals surface area contributed by atoms with Gasteiger partial charge in [0.2, 0.25) is 0 Å². The van der Waals surface area contributed by atoms with E-state index in [1.807, 2.05) is 31.2 Å². The molecule has 0 unspecified atom stereocenters. The van der Waals surface area contributed by atoms with Crippen LogP contribution in [-0.4, -0.2) is 33.9 Å². The lowest BCUT2D eigenvalue weighted by molar-refractivity contribution is -0.143. The molecule has 7 heteroatoms. The molecule has 1 aromatic carbocycles. The molecule has 0 aliphatic carbocycles. The quantitative estimate of drug-likeness (QED) is 0.701. The fourth-order valence-corrected chi connectivity index (χ4v) is 2.55. The second-order valence-electron chi connectivity index (χ2n) is 5.88. The maximum absolute atomic E-state index is 12.6. The van der Waals surface area contributed by atoms with Gasteiger partial charge in [-0.1, -0.05) is 29.8 Å². The summed E-state index contributed by atoms with van der Waals surface area (Å²) in [7, 11) is 1.28. The number of benzene rings is 1. The summed E-state index contributed by atoms with van der Waals surface area (Å²) in [5.41, 5.74) is 2.60. The first kappa shape index (κ1) is 18.2. The van der Waals surface area contributed by atoms with Crippen LogP contribution in [0.2, 0.25) is 0 Å². The Balaban J connectivity index is 1.80. The first-order valence-corrected chi connectivity index (χ1v) is 8.26. The van der Waals surface area contributed by atoms with Crippen molar-refractivity contribution in [3.05, 3.63) is 77.9 Å². The summed E-state index contributed by atoms with van der Waals surface area (Å²) in [4.78, 5) is 37.1. The molecule has 3 rings (SSSR count). The lowest BCUT2D eigenvalue weighted by atomic mass is 10.0. The molecule has 0 saturated heterocycles. The Morgan fingerprint density at radius 3 is 2.48 bits per heavy atom. The second kappa shape index (κ2) is 8.18. The summed E-state index contributed by atoms with van der Waals surface area (Å²) in [6, 6.07) is 10.00. The number of pyridine rings is 1. The van der Waals surface area contributed by atoms with Crippen molar-refractivity contribution in [2.24, 2.45) is 0 Å². The molecule has 27 heavy (non-hydrogen) atoms. The van der Waals surface area contributed by atoms with Gasteiger partial charge in [-0.15, -0.1) is 0 Å². The van der Waals surface area contributed by atoms with Crippen molar-refractivity contribution < 1.29 is 14.3 Å². The molecule has 2 aromatic heterocycles. The number of nitrogens with zero attached hydrogens (tertiary/aromatic N) is 3. The number of methoxy groups -OCH3 is 1. The SMILES string of the molecule is COC(=O)[C@@H](NC(=O)c1cnc(-c2cccnc2)nc1)c1cccc(C)c1. The van der Waals surface area contributed by atoms with Crippen LogP contribution in [0.5, 0.6) is 0 Å². The Morgan fingerprint density at radius 1 is 1.07 bits per heavy atom. The van der Waals surface area contributed by atoms with Gasteiger partial charge in [-0.05, 0) is 24.6 Å². The molecule has 0 fully saturated rings. The van der Waals surface area contributed by atoms with Crippen molar-refractivity contribution in [2.75, 3.05) is 7.11 Å². The molecule has 3 aromatic rings. The van der Waals surface area contributed by atoms with Gasteiger partial charge < -0.3 is 10.1 Å². The molecular weight excluding hydrogens is 344 g/mol. The van der Waals surface area contributed by atoms with Gasteiger partial charge >= 0.3 is 5.97 Å². The first-order chi connectivity index (χ1) is 13.1. The predicted octanol–water partition coefficient (Wildman–Crippen LogP) is 2.49. The summed E-state index contributed by atoms with van der Waals surface area (Å²) in [6.07, 6.45) is 6.12. The minimum Gasteiger partial charge on any atom is -0.467 e. The van der Waals surface area contributed by atoms with Gasteiger partial charge in [-0.25, -0.2) is 14.8 Å². The van der Waals surface area contributed by atoms with E-state index in [0.29, 0.717) is 11.4 Å². The number of esters is 1. The number of aryl methyl sites for hydroxylation is 1. The second-order valence-corrected chi connectivity index (χ2v) is 5.88. The van der Waals surface area contributed by atoms with Crippen LogP contribution in [0.4, 0.5) is 0 Å². The van der Waals surface area contributed by atoms with E-state index < -0.39 is 17.9 Å². The summed E-state index contributed by atoms with van der Waals surface area (Å²) in [5, 5.41) is 2.68. The van der Waals surface area contributed by atoms with Crippen molar-refractivity contribution in [1.82, 2.24) is 20.3 Å². The number of ether oxygens (including phenoxy) is 1. The molecule has 1 amide bonds. The van der Waals surface area contributed by atoms with Crippen LogP contribution >= 0.6 is 0 Å². The van der Waals surface area contributed by atoms with Crippen molar-refractivity contribution in [1.29, 1.82) is 0 Å². The molecule has 1 atom stereocenters. The minimum atomic E-state index is -0.916. The van der Waals surface area contributed by atoms with Crippen LogP contribution < -0.4 is 5.32 Å².